The second-order valence-corrected chi connectivity index (χ2v) is 6.73. The number of piperazine rings is 1. The summed E-state index contributed by atoms with van der Waals surface area (Å²) in [7, 11) is 0. The van der Waals surface area contributed by atoms with Crippen LogP contribution >= 0.6 is 0 Å². The molecule has 0 aliphatic carbocycles. The van der Waals surface area contributed by atoms with Gasteiger partial charge in [-0.2, -0.15) is 13.2 Å². The Balaban J connectivity index is 1.83. The first-order chi connectivity index (χ1) is 12.5. The minimum Gasteiger partial charge on any atom is -0.468 e. The maximum Gasteiger partial charge on any atom is 0.416 e. The first-order valence-corrected chi connectivity index (χ1v) is 8.96. The van der Waals surface area contributed by atoms with Crippen molar-refractivity contribution < 1.29 is 22.7 Å². The van der Waals surface area contributed by atoms with Crippen LogP contribution in [0.4, 0.5) is 13.2 Å². The number of aldehydes is 1. The molecule has 1 aromatic rings. The second kappa shape index (κ2) is 8.37. The van der Waals surface area contributed by atoms with Gasteiger partial charge < -0.3 is 10.1 Å². The molecule has 2 fully saturated rings. The molecule has 0 amide bonds. The van der Waals surface area contributed by atoms with E-state index in [0.717, 1.165) is 64.2 Å². The van der Waals surface area contributed by atoms with E-state index in [2.05, 4.69) is 10.2 Å². The topological polar surface area (TPSA) is 44.8 Å². The average Bonchev–Trinajstić information content (AvgIpc) is 3.15. The Bertz CT molecular complexity index is 612. The first kappa shape index (κ1) is 19.1. The van der Waals surface area contributed by atoms with Gasteiger partial charge >= 0.3 is 6.18 Å². The number of nitrogens with zero attached hydrogens (tertiary/aromatic N) is 2. The van der Waals surface area contributed by atoms with Crippen LogP contribution in [0.3, 0.4) is 0 Å². The third-order valence-corrected chi connectivity index (χ3v) is 4.86. The number of nitrogens with one attached hydrogen (secondary N) is 1. The molecule has 2 saturated heterocycles. The van der Waals surface area contributed by atoms with E-state index in [-0.39, 0.29) is 5.75 Å². The summed E-state index contributed by atoms with van der Waals surface area (Å²) in [5, 5.41) is 3.25. The monoisotopic (exact) mass is 371 g/mol. The second-order valence-electron chi connectivity index (χ2n) is 6.73. The molecule has 2 aliphatic heterocycles. The maximum absolute atomic E-state index is 13.1. The van der Waals surface area contributed by atoms with Crippen molar-refractivity contribution in [3.8, 4) is 5.75 Å². The summed E-state index contributed by atoms with van der Waals surface area (Å²) in [6.07, 6.45) is -2.70. The van der Waals surface area contributed by atoms with Gasteiger partial charge in [-0.25, -0.2) is 0 Å². The highest BCUT2D eigenvalue weighted by Gasteiger charge is 2.32. The van der Waals surface area contributed by atoms with Gasteiger partial charge in [0.2, 0.25) is 6.23 Å². The Kier molecular flexibility index (Phi) is 6.16. The van der Waals surface area contributed by atoms with Crippen LogP contribution in [0, 0.1) is 0 Å². The van der Waals surface area contributed by atoms with E-state index in [4.69, 9.17) is 4.74 Å². The summed E-state index contributed by atoms with van der Waals surface area (Å²) in [6.45, 7) is 5.28. The van der Waals surface area contributed by atoms with Crippen molar-refractivity contribution in [2.24, 2.45) is 0 Å². The molecule has 0 unspecified atom stereocenters. The van der Waals surface area contributed by atoms with E-state index in [1.165, 1.54) is 6.07 Å². The predicted octanol–water partition coefficient (Wildman–Crippen LogP) is 2.11. The molecule has 2 aliphatic rings. The van der Waals surface area contributed by atoms with Crippen molar-refractivity contribution in [3.05, 3.63) is 29.3 Å². The summed E-state index contributed by atoms with van der Waals surface area (Å²) in [5.74, 6) is 0.141. The third-order valence-electron chi connectivity index (χ3n) is 4.86. The van der Waals surface area contributed by atoms with Gasteiger partial charge in [0.25, 0.3) is 0 Å². The highest BCUT2D eigenvalue weighted by atomic mass is 19.4. The standard InChI is InChI=1S/C18H24F3N3O2/c19-18(20,21)15-4-3-14(12-23-9-5-22-6-10-23)16(11-15)26-17(13-25)24-7-1-2-8-24/h3-4,11,13,17,22H,1-2,5-10,12H2/t17-/m0/s1. The number of hydrogen-bond donors (Lipinski definition) is 1. The number of likely N-dealkylation sites (tertiary alicyclic amines) is 1. The zero-order chi connectivity index (χ0) is 18.6. The molecular weight excluding hydrogens is 347 g/mol. The molecule has 1 atom stereocenters. The maximum atomic E-state index is 13.1. The van der Waals surface area contributed by atoms with Gasteiger partial charge in [-0.15, -0.1) is 0 Å². The molecule has 5 nitrogen and oxygen atoms in total. The van der Waals surface area contributed by atoms with Crippen molar-refractivity contribution >= 4 is 6.29 Å². The molecule has 8 heteroatoms. The van der Waals surface area contributed by atoms with E-state index >= 15 is 0 Å². The minimum absolute atomic E-state index is 0.141. The van der Waals surface area contributed by atoms with Gasteiger partial charge in [0, 0.05) is 51.4 Å². The molecule has 1 N–H and O–H groups in total. The average molecular weight is 371 g/mol. The molecule has 3 rings (SSSR count). The highest BCUT2D eigenvalue weighted by Crippen LogP contribution is 2.34. The molecule has 0 saturated carbocycles. The van der Waals surface area contributed by atoms with Crippen molar-refractivity contribution in [1.29, 1.82) is 0 Å². The van der Waals surface area contributed by atoms with Crippen LogP contribution in [0.1, 0.15) is 24.0 Å². The third kappa shape index (κ3) is 4.75. The number of ether oxygens (including phenoxy) is 1. The summed E-state index contributed by atoms with van der Waals surface area (Å²) < 4.78 is 45.1. The number of hydrogen-bond acceptors (Lipinski definition) is 5. The SMILES string of the molecule is O=C[C@H](Oc1cc(C(F)(F)F)ccc1CN1CCNCC1)N1CCCC1. The molecule has 0 spiro atoms. The smallest absolute Gasteiger partial charge is 0.416 e. The van der Waals surface area contributed by atoms with Crippen LogP contribution in [0.2, 0.25) is 0 Å². The predicted molar refractivity (Wildman–Crippen MR) is 90.9 cm³/mol. The van der Waals surface area contributed by atoms with Crippen molar-refractivity contribution in [2.75, 3.05) is 39.3 Å². The Morgan fingerprint density at radius 2 is 1.85 bits per heavy atom. The quantitative estimate of drug-likeness (QED) is 0.776. The Labute approximate surface area is 151 Å². The van der Waals surface area contributed by atoms with Gasteiger partial charge in [0.1, 0.15) is 5.75 Å². The summed E-state index contributed by atoms with van der Waals surface area (Å²) in [4.78, 5) is 15.5. The lowest BCUT2D eigenvalue weighted by Gasteiger charge is -2.29. The first-order valence-electron chi connectivity index (χ1n) is 8.96. The zero-order valence-corrected chi connectivity index (χ0v) is 14.6. The van der Waals surface area contributed by atoms with E-state index in [0.29, 0.717) is 18.4 Å². The van der Waals surface area contributed by atoms with Crippen LogP contribution in [-0.4, -0.2) is 61.6 Å². The van der Waals surface area contributed by atoms with Crippen LogP contribution in [-0.2, 0) is 17.5 Å². The Morgan fingerprint density at radius 3 is 2.46 bits per heavy atom. The van der Waals surface area contributed by atoms with E-state index in [1.54, 1.807) is 0 Å². The van der Waals surface area contributed by atoms with Crippen LogP contribution in [0.15, 0.2) is 18.2 Å². The summed E-state index contributed by atoms with van der Waals surface area (Å²) in [5.41, 5.74) is -0.0893. The Hall–Kier alpha value is -1.64. The number of alkyl halides is 3. The molecule has 144 valence electrons. The molecular formula is C18H24F3N3O2. The molecule has 1 aromatic carbocycles. The van der Waals surface area contributed by atoms with Gasteiger partial charge in [0.15, 0.2) is 6.29 Å². The molecule has 0 radical (unpaired) electrons. The number of benzene rings is 1. The largest absolute Gasteiger partial charge is 0.468 e. The Morgan fingerprint density at radius 1 is 1.15 bits per heavy atom. The van der Waals surface area contributed by atoms with Crippen LogP contribution in [0.5, 0.6) is 5.75 Å². The van der Waals surface area contributed by atoms with E-state index < -0.39 is 18.0 Å². The molecule has 0 aromatic heterocycles. The molecule has 0 bridgehead atoms. The number of rotatable bonds is 6. The fourth-order valence-corrected chi connectivity index (χ4v) is 3.40. The van der Waals surface area contributed by atoms with Crippen LogP contribution in [0.25, 0.3) is 0 Å². The summed E-state index contributed by atoms with van der Waals surface area (Å²) >= 11 is 0. The van der Waals surface area contributed by atoms with Crippen molar-refractivity contribution in [2.45, 2.75) is 31.8 Å². The van der Waals surface area contributed by atoms with Crippen molar-refractivity contribution in [1.82, 2.24) is 15.1 Å². The zero-order valence-electron chi connectivity index (χ0n) is 14.6. The van der Waals surface area contributed by atoms with Crippen molar-refractivity contribution in [3.63, 3.8) is 0 Å². The van der Waals surface area contributed by atoms with E-state index in [9.17, 15) is 18.0 Å². The number of carbonyl (C=O) groups is 1. The lowest BCUT2D eigenvalue weighted by Crippen LogP contribution is -2.43. The fourth-order valence-electron chi connectivity index (χ4n) is 3.40. The van der Waals surface area contributed by atoms with Crippen LogP contribution < -0.4 is 10.1 Å². The normalized spacial score (nSPS) is 20.9. The van der Waals surface area contributed by atoms with E-state index in [1.807, 2.05) is 4.90 Å². The molecule has 26 heavy (non-hydrogen) atoms. The van der Waals surface area contributed by atoms with Gasteiger partial charge in [-0.1, -0.05) is 6.07 Å². The lowest BCUT2D eigenvalue weighted by molar-refractivity contribution is -0.137. The molecule has 2 heterocycles. The highest BCUT2D eigenvalue weighted by molar-refractivity contribution is 5.57. The lowest BCUT2D eigenvalue weighted by atomic mass is 10.1. The number of halogens is 3. The summed E-state index contributed by atoms with van der Waals surface area (Å²) in [6, 6.07) is 3.56. The fraction of sp³-hybridized carbons (Fsp3) is 0.611. The van der Waals surface area contributed by atoms with Gasteiger partial charge in [-0.3, -0.25) is 14.6 Å². The number of carbonyl (C=O) groups excluding carboxylic acids is 1. The van der Waals surface area contributed by atoms with Gasteiger partial charge in [-0.05, 0) is 25.0 Å². The van der Waals surface area contributed by atoms with Gasteiger partial charge in [0.05, 0.1) is 5.56 Å². The minimum atomic E-state index is -4.45.